The fraction of sp³-hybridized carbons (Fsp3) is 0.800. The lowest BCUT2D eigenvalue weighted by atomic mass is 9.50. The van der Waals surface area contributed by atoms with Crippen LogP contribution in [0.4, 0.5) is 0 Å². The summed E-state index contributed by atoms with van der Waals surface area (Å²) in [5, 5.41) is 4.59. The van der Waals surface area contributed by atoms with Gasteiger partial charge in [-0.25, -0.2) is 0 Å². The molecule has 98 valence electrons. The first-order chi connectivity index (χ1) is 8.74. The lowest BCUT2D eigenvalue weighted by Gasteiger charge is -2.57. The monoisotopic (exact) mass is 246 g/mol. The van der Waals surface area contributed by atoms with Crippen molar-refractivity contribution < 1.29 is 4.74 Å². The molecule has 4 rings (SSSR count). The molecule has 1 atom stereocenters. The van der Waals surface area contributed by atoms with Crippen LogP contribution in [0.25, 0.3) is 0 Å². The molecule has 1 aliphatic heterocycles. The summed E-state index contributed by atoms with van der Waals surface area (Å²) in [5.41, 5.74) is 2.10. The number of nitrogens with zero attached hydrogens (tertiary/aromatic N) is 2. The van der Waals surface area contributed by atoms with E-state index in [1.54, 1.807) is 0 Å². The summed E-state index contributed by atoms with van der Waals surface area (Å²) in [6, 6.07) is 0.675. The van der Waals surface area contributed by atoms with E-state index in [2.05, 4.69) is 29.1 Å². The molecule has 1 saturated heterocycles. The highest BCUT2D eigenvalue weighted by atomic mass is 16.5. The van der Waals surface area contributed by atoms with Crippen LogP contribution in [0, 0.1) is 11.3 Å². The van der Waals surface area contributed by atoms with Gasteiger partial charge >= 0.3 is 0 Å². The molecule has 3 aliphatic rings. The van der Waals surface area contributed by atoms with Crippen LogP contribution in [0.1, 0.15) is 56.6 Å². The van der Waals surface area contributed by atoms with Crippen LogP contribution >= 0.6 is 0 Å². The van der Waals surface area contributed by atoms with Crippen molar-refractivity contribution in [1.82, 2.24) is 9.78 Å². The van der Waals surface area contributed by atoms with Crippen molar-refractivity contribution in [3.05, 3.63) is 18.0 Å². The molecule has 2 saturated carbocycles. The Kier molecular flexibility index (Phi) is 2.35. The molecule has 0 amide bonds. The van der Waals surface area contributed by atoms with Crippen molar-refractivity contribution in [2.24, 2.45) is 11.3 Å². The SMILES string of the molecule is CC1CC2(C1)CC(n1cc(C3CCOC3)cn1)C2. The molecule has 0 aromatic carbocycles. The number of hydrogen-bond donors (Lipinski definition) is 0. The van der Waals surface area contributed by atoms with E-state index in [4.69, 9.17) is 4.74 Å². The topological polar surface area (TPSA) is 27.1 Å². The first-order valence-electron chi connectivity index (χ1n) is 7.36. The molecule has 1 aromatic rings. The molecule has 1 spiro atoms. The molecule has 3 nitrogen and oxygen atoms in total. The highest BCUT2D eigenvalue weighted by molar-refractivity contribution is 5.14. The second-order valence-corrected chi connectivity index (χ2v) is 6.89. The van der Waals surface area contributed by atoms with Crippen LogP contribution in [0.2, 0.25) is 0 Å². The molecule has 1 unspecified atom stereocenters. The first kappa shape index (κ1) is 11.0. The van der Waals surface area contributed by atoms with E-state index in [1.807, 2.05) is 0 Å². The van der Waals surface area contributed by atoms with Crippen molar-refractivity contribution in [3.8, 4) is 0 Å². The molecule has 0 N–H and O–H groups in total. The van der Waals surface area contributed by atoms with Gasteiger partial charge in [-0.1, -0.05) is 6.92 Å². The Hall–Kier alpha value is -0.830. The van der Waals surface area contributed by atoms with Gasteiger partial charge in [-0.3, -0.25) is 4.68 Å². The minimum atomic E-state index is 0.594. The summed E-state index contributed by atoms with van der Waals surface area (Å²) in [7, 11) is 0. The van der Waals surface area contributed by atoms with E-state index in [-0.39, 0.29) is 0 Å². The van der Waals surface area contributed by atoms with E-state index < -0.39 is 0 Å². The van der Waals surface area contributed by atoms with Gasteiger partial charge in [0.2, 0.25) is 0 Å². The molecule has 3 heteroatoms. The third kappa shape index (κ3) is 1.63. The zero-order chi connectivity index (χ0) is 12.2. The third-order valence-corrected chi connectivity index (χ3v) is 5.30. The first-order valence-corrected chi connectivity index (χ1v) is 7.36. The van der Waals surface area contributed by atoms with Crippen molar-refractivity contribution in [1.29, 1.82) is 0 Å². The zero-order valence-corrected chi connectivity index (χ0v) is 11.1. The molecule has 0 bridgehead atoms. The molecule has 2 aliphatic carbocycles. The standard InChI is InChI=1S/C15H22N2O/c1-11-4-15(5-11)6-14(7-15)17-9-13(8-16-17)12-2-3-18-10-12/h8-9,11-12,14H,2-7,10H2,1H3. The van der Waals surface area contributed by atoms with E-state index in [0.717, 1.165) is 25.6 Å². The quantitative estimate of drug-likeness (QED) is 0.801. The van der Waals surface area contributed by atoms with Crippen LogP contribution in [-0.2, 0) is 4.74 Å². The molecule has 2 heterocycles. The van der Waals surface area contributed by atoms with E-state index in [9.17, 15) is 0 Å². The second kappa shape index (κ2) is 3.83. The van der Waals surface area contributed by atoms with Crippen molar-refractivity contribution in [3.63, 3.8) is 0 Å². The van der Waals surface area contributed by atoms with Gasteiger partial charge in [-0.05, 0) is 49.0 Å². The maximum atomic E-state index is 5.46. The van der Waals surface area contributed by atoms with E-state index >= 15 is 0 Å². The number of hydrogen-bond acceptors (Lipinski definition) is 2. The number of aromatic nitrogens is 2. The van der Waals surface area contributed by atoms with Crippen LogP contribution in [0.15, 0.2) is 12.4 Å². The van der Waals surface area contributed by atoms with Gasteiger partial charge in [0.15, 0.2) is 0 Å². The van der Waals surface area contributed by atoms with Gasteiger partial charge < -0.3 is 4.74 Å². The van der Waals surface area contributed by atoms with Crippen molar-refractivity contribution >= 4 is 0 Å². The Morgan fingerprint density at radius 3 is 2.83 bits per heavy atom. The Morgan fingerprint density at radius 2 is 2.17 bits per heavy atom. The van der Waals surface area contributed by atoms with Gasteiger partial charge in [0.25, 0.3) is 0 Å². The Balaban J connectivity index is 1.41. The van der Waals surface area contributed by atoms with Crippen LogP contribution in [-0.4, -0.2) is 23.0 Å². The normalized spacial score (nSPS) is 42.8. The number of rotatable bonds is 2. The highest BCUT2D eigenvalue weighted by Crippen LogP contribution is 2.62. The third-order valence-electron chi connectivity index (χ3n) is 5.30. The van der Waals surface area contributed by atoms with E-state index in [0.29, 0.717) is 17.4 Å². The van der Waals surface area contributed by atoms with Crippen LogP contribution < -0.4 is 0 Å². The number of ether oxygens (including phenoxy) is 1. The molecule has 1 aromatic heterocycles. The van der Waals surface area contributed by atoms with Crippen LogP contribution in [0.5, 0.6) is 0 Å². The molecule has 0 radical (unpaired) electrons. The summed E-state index contributed by atoms with van der Waals surface area (Å²) in [4.78, 5) is 0. The van der Waals surface area contributed by atoms with Crippen molar-refractivity contribution in [2.75, 3.05) is 13.2 Å². The summed E-state index contributed by atoms with van der Waals surface area (Å²) in [6.45, 7) is 4.18. The molecule has 18 heavy (non-hydrogen) atoms. The van der Waals surface area contributed by atoms with Crippen LogP contribution in [0.3, 0.4) is 0 Å². The predicted molar refractivity (Wildman–Crippen MR) is 69.5 cm³/mol. The minimum Gasteiger partial charge on any atom is -0.381 e. The maximum absolute atomic E-state index is 5.46. The average Bonchev–Trinajstić information content (AvgIpc) is 2.90. The van der Waals surface area contributed by atoms with Crippen molar-refractivity contribution in [2.45, 2.75) is 51.0 Å². The lowest BCUT2D eigenvalue weighted by Crippen LogP contribution is -2.47. The van der Waals surface area contributed by atoms with Gasteiger partial charge in [0.05, 0.1) is 18.8 Å². The van der Waals surface area contributed by atoms with Gasteiger partial charge in [0, 0.05) is 18.7 Å². The summed E-state index contributed by atoms with van der Waals surface area (Å²) in [5.74, 6) is 1.56. The molecular formula is C15H22N2O. The zero-order valence-electron chi connectivity index (χ0n) is 11.1. The van der Waals surface area contributed by atoms with Gasteiger partial charge in [-0.2, -0.15) is 5.10 Å². The highest BCUT2D eigenvalue weighted by Gasteiger charge is 2.52. The fourth-order valence-electron chi connectivity index (χ4n) is 4.44. The Labute approximate surface area is 109 Å². The van der Waals surface area contributed by atoms with Gasteiger partial charge in [-0.15, -0.1) is 0 Å². The Morgan fingerprint density at radius 1 is 1.33 bits per heavy atom. The lowest BCUT2D eigenvalue weighted by molar-refractivity contribution is -0.0587. The summed E-state index contributed by atoms with van der Waals surface area (Å²) in [6.07, 6.45) is 11.1. The Bertz CT molecular complexity index is 433. The molecule has 3 fully saturated rings. The molecular weight excluding hydrogens is 224 g/mol. The maximum Gasteiger partial charge on any atom is 0.0536 e. The average molecular weight is 246 g/mol. The van der Waals surface area contributed by atoms with E-state index in [1.165, 1.54) is 31.2 Å². The summed E-state index contributed by atoms with van der Waals surface area (Å²) >= 11 is 0. The predicted octanol–water partition coefficient (Wildman–Crippen LogP) is 3.14. The minimum absolute atomic E-state index is 0.594. The summed E-state index contributed by atoms with van der Waals surface area (Å²) < 4.78 is 7.68. The smallest absolute Gasteiger partial charge is 0.0536 e. The largest absolute Gasteiger partial charge is 0.381 e. The fourth-order valence-corrected chi connectivity index (χ4v) is 4.44. The van der Waals surface area contributed by atoms with Gasteiger partial charge in [0.1, 0.15) is 0 Å². The second-order valence-electron chi connectivity index (χ2n) is 6.89.